The van der Waals surface area contributed by atoms with Crippen LogP contribution in [0.2, 0.25) is 0 Å². The number of carbonyl (C=O) groups excluding carboxylic acids is 2. The first-order valence-electron chi connectivity index (χ1n) is 8.85. The first-order chi connectivity index (χ1) is 13.5. The first-order valence-corrected chi connectivity index (χ1v) is 8.85. The molecule has 150 valence electrons. The van der Waals surface area contributed by atoms with Crippen LogP contribution in [0.3, 0.4) is 0 Å². The van der Waals surface area contributed by atoms with E-state index >= 15 is 0 Å². The van der Waals surface area contributed by atoms with Crippen LogP contribution in [0.15, 0.2) is 73.2 Å². The molecule has 1 aromatic carbocycles. The Morgan fingerprint density at radius 3 is 2.21 bits per heavy atom. The third-order valence-corrected chi connectivity index (χ3v) is 3.46. The fourth-order valence-electron chi connectivity index (χ4n) is 1.92. The smallest absolute Gasteiger partial charge is 0.343 e. The van der Waals surface area contributed by atoms with E-state index in [9.17, 15) is 9.59 Å². The first kappa shape index (κ1) is 22.8. The molecule has 0 unspecified atom stereocenters. The molecule has 0 aliphatic heterocycles. The van der Waals surface area contributed by atoms with E-state index in [0.717, 1.165) is 0 Å². The molecule has 0 saturated heterocycles. The molecule has 0 amide bonds. The summed E-state index contributed by atoms with van der Waals surface area (Å²) in [6.07, 6.45) is 7.09. The quantitative estimate of drug-likeness (QED) is 0.230. The monoisotopic (exact) mass is 386 g/mol. The Labute approximate surface area is 165 Å². The lowest BCUT2D eigenvalue weighted by Gasteiger charge is -2.08. The molecular weight excluding hydrogens is 360 g/mol. The maximum absolute atomic E-state index is 12.2. The van der Waals surface area contributed by atoms with Crippen molar-refractivity contribution in [1.82, 2.24) is 0 Å². The molecule has 0 aliphatic carbocycles. The van der Waals surface area contributed by atoms with Crippen LogP contribution in [0.5, 0.6) is 5.75 Å². The fraction of sp³-hybridized carbons (Fsp3) is 0.273. The molecule has 28 heavy (non-hydrogen) atoms. The standard InChI is InChI=1S/C22H26O6/c1-5-18(25-4)13-14-19(6-2)28-22(24)17-9-11-20(12-10-17)26-15-8-16-27-21(23)7-3/h5-6,9-14H,1-2,7-8,15-16H2,3-4H3/b18-13+,19-14+. The van der Waals surface area contributed by atoms with E-state index in [4.69, 9.17) is 18.9 Å². The largest absolute Gasteiger partial charge is 0.497 e. The highest BCUT2D eigenvalue weighted by Gasteiger charge is 2.09. The van der Waals surface area contributed by atoms with Gasteiger partial charge in [0.15, 0.2) is 0 Å². The Morgan fingerprint density at radius 2 is 1.64 bits per heavy atom. The summed E-state index contributed by atoms with van der Waals surface area (Å²) >= 11 is 0. The van der Waals surface area contributed by atoms with Gasteiger partial charge in [0.05, 0.1) is 25.9 Å². The van der Waals surface area contributed by atoms with E-state index in [0.29, 0.717) is 43.1 Å². The van der Waals surface area contributed by atoms with Gasteiger partial charge in [-0.2, -0.15) is 0 Å². The highest BCUT2D eigenvalue weighted by Crippen LogP contribution is 2.15. The Bertz CT molecular complexity index is 728. The van der Waals surface area contributed by atoms with Crippen molar-refractivity contribution in [2.75, 3.05) is 20.3 Å². The number of esters is 2. The Morgan fingerprint density at radius 1 is 1.00 bits per heavy atom. The molecule has 0 heterocycles. The van der Waals surface area contributed by atoms with E-state index in [1.165, 1.54) is 19.3 Å². The van der Waals surface area contributed by atoms with Crippen LogP contribution < -0.4 is 4.74 Å². The van der Waals surface area contributed by atoms with Crippen LogP contribution in [-0.2, 0) is 19.0 Å². The summed E-state index contributed by atoms with van der Waals surface area (Å²) in [6.45, 7) is 9.70. The van der Waals surface area contributed by atoms with Crippen LogP contribution in [-0.4, -0.2) is 32.3 Å². The number of ether oxygens (including phenoxy) is 4. The van der Waals surface area contributed by atoms with E-state index in [1.807, 2.05) is 0 Å². The summed E-state index contributed by atoms with van der Waals surface area (Å²) < 4.78 is 20.9. The van der Waals surface area contributed by atoms with Crippen molar-refractivity contribution in [2.24, 2.45) is 0 Å². The lowest BCUT2D eigenvalue weighted by atomic mass is 10.2. The second kappa shape index (κ2) is 13.0. The van der Waals surface area contributed by atoms with Gasteiger partial charge in [-0.3, -0.25) is 4.79 Å². The van der Waals surface area contributed by atoms with Gasteiger partial charge in [0.25, 0.3) is 0 Å². The number of hydrogen-bond donors (Lipinski definition) is 0. The van der Waals surface area contributed by atoms with Gasteiger partial charge in [-0.1, -0.05) is 20.1 Å². The molecule has 1 aromatic rings. The summed E-state index contributed by atoms with van der Waals surface area (Å²) in [5, 5.41) is 0. The van der Waals surface area contributed by atoms with Crippen LogP contribution >= 0.6 is 0 Å². The van der Waals surface area contributed by atoms with Gasteiger partial charge in [-0.05, 0) is 48.6 Å². The molecule has 0 atom stereocenters. The van der Waals surface area contributed by atoms with Gasteiger partial charge in [0.2, 0.25) is 0 Å². The zero-order chi connectivity index (χ0) is 20.8. The lowest BCUT2D eigenvalue weighted by molar-refractivity contribution is -0.143. The van der Waals surface area contributed by atoms with Gasteiger partial charge in [0, 0.05) is 12.8 Å². The van der Waals surface area contributed by atoms with Crippen LogP contribution in [0.25, 0.3) is 0 Å². The van der Waals surface area contributed by atoms with Crippen molar-refractivity contribution < 1.29 is 28.5 Å². The van der Waals surface area contributed by atoms with Gasteiger partial charge < -0.3 is 18.9 Å². The van der Waals surface area contributed by atoms with Crippen molar-refractivity contribution in [3.05, 3.63) is 78.8 Å². The molecule has 0 fully saturated rings. The Balaban J connectivity index is 2.55. The minimum atomic E-state index is -0.518. The number of methoxy groups -OCH3 is 1. The van der Waals surface area contributed by atoms with Crippen molar-refractivity contribution in [1.29, 1.82) is 0 Å². The molecule has 0 spiro atoms. The summed E-state index contributed by atoms with van der Waals surface area (Å²) in [7, 11) is 1.52. The second-order valence-electron chi connectivity index (χ2n) is 5.44. The molecule has 1 rings (SSSR count). The van der Waals surface area contributed by atoms with Gasteiger partial charge in [0.1, 0.15) is 17.3 Å². The number of carbonyl (C=O) groups is 2. The maximum Gasteiger partial charge on any atom is 0.343 e. The maximum atomic E-state index is 12.2. The topological polar surface area (TPSA) is 71.1 Å². The second-order valence-corrected chi connectivity index (χ2v) is 5.44. The highest BCUT2D eigenvalue weighted by atomic mass is 16.5. The SMILES string of the molecule is C=C/C(=C\C=C(/C=C)OC(=O)c1ccc(OCCCOC(=O)CC)cc1)OC. The number of hydrogen-bond acceptors (Lipinski definition) is 6. The molecule has 6 heteroatoms. The molecule has 0 radical (unpaired) electrons. The third kappa shape index (κ3) is 8.40. The van der Waals surface area contributed by atoms with Crippen molar-refractivity contribution >= 4 is 11.9 Å². The number of benzene rings is 1. The van der Waals surface area contributed by atoms with Gasteiger partial charge in [-0.25, -0.2) is 4.79 Å². The fourth-order valence-corrected chi connectivity index (χ4v) is 1.92. The van der Waals surface area contributed by atoms with E-state index in [-0.39, 0.29) is 11.7 Å². The normalized spacial score (nSPS) is 11.4. The van der Waals surface area contributed by atoms with Crippen molar-refractivity contribution in [2.45, 2.75) is 19.8 Å². The minimum Gasteiger partial charge on any atom is -0.497 e. The zero-order valence-electron chi connectivity index (χ0n) is 16.3. The van der Waals surface area contributed by atoms with Gasteiger partial charge >= 0.3 is 11.9 Å². The van der Waals surface area contributed by atoms with Crippen molar-refractivity contribution in [3.63, 3.8) is 0 Å². The van der Waals surface area contributed by atoms with Crippen molar-refractivity contribution in [3.8, 4) is 5.75 Å². The molecule has 0 saturated carbocycles. The average Bonchev–Trinajstić information content (AvgIpc) is 2.73. The summed E-state index contributed by atoms with van der Waals surface area (Å²) in [6, 6.07) is 6.56. The van der Waals surface area contributed by atoms with E-state index in [1.54, 1.807) is 43.3 Å². The minimum absolute atomic E-state index is 0.228. The molecular formula is C22H26O6. The molecule has 0 aromatic heterocycles. The predicted molar refractivity (Wildman–Crippen MR) is 107 cm³/mol. The predicted octanol–water partition coefficient (Wildman–Crippen LogP) is 4.35. The van der Waals surface area contributed by atoms with E-state index < -0.39 is 5.97 Å². The highest BCUT2D eigenvalue weighted by molar-refractivity contribution is 5.90. The van der Waals surface area contributed by atoms with Crippen LogP contribution in [0.1, 0.15) is 30.1 Å². The van der Waals surface area contributed by atoms with Gasteiger partial charge in [-0.15, -0.1) is 0 Å². The molecule has 6 nitrogen and oxygen atoms in total. The summed E-state index contributed by atoms with van der Waals surface area (Å²) in [5.41, 5.74) is 0.372. The number of rotatable bonds is 12. The van der Waals surface area contributed by atoms with E-state index in [2.05, 4.69) is 13.2 Å². The molecule has 0 aliphatic rings. The summed E-state index contributed by atoms with van der Waals surface area (Å²) in [4.78, 5) is 23.2. The Kier molecular flexibility index (Phi) is 10.5. The lowest BCUT2D eigenvalue weighted by Crippen LogP contribution is -2.08. The van der Waals surface area contributed by atoms with Crippen LogP contribution in [0.4, 0.5) is 0 Å². The third-order valence-electron chi connectivity index (χ3n) is 3.46. The number of allylic oxidation sites excluding steroid dienone is 4. The average molecular weight is 386 g/mol. The summed E-state index contributed by atoms with van der Waals surface area (Å²) in [5.74, 6) is 0.672. The zero-order valence-corrected chi connectivity index (χ0v) is 16.3. The molecule has 0 N–H and O–H groups in total. The Hall–Kier alpha value is -3.28. The molecule has 0 bridgehead atoms. The van der Waals surface area contributed by atoms with Crippen LogP contribution in [0, 0.1) is 0 Å².